The maximum Gasteiger partial charge on any atom is 0.120 e. The molecule has 2 aliphatic carbocycles. The molecule has 0 amide bonds. The maximum absolute atomic E-state index is 10.4. The van der Waals surface area contributed by atoms with E-state index in [2.05, 4.69) is 54.6 Å². The Morgan fingerprint density at radius 2 is 1.79 bits per heavy atom. The highest BCUT2D eigenvalue weighted by Gasteiger charge is 2.41. The van der Waals surface area contributed by atoms with Crippen molar-refractivity contribution in [1.29, 1.82) is 0 Å². The number of carbonyl (C=O) groups is 1. The number of aldehydes is 1. The molecule has 3 nitrogen and oxygen atoms in total. The normalized spacial score (nSPS) is 26.3. The van der Waals surface area contributed by atoms with Gasteiger partial charge in [0.25, 0.3) is 0 Å². The van der Waals surface area contributed by atoms with Crippen molar-refractivity contribution in [1.82, 2.24) is 0 Å². The van der Waals surface area contributed by atoms with Crippen LogP contribution in [0.1, 0.15) is 61.5 Å². The minimum atomic E-state index is 0.449. The number of aliphatic hydroxyl groups is 1. The molecule has 4 atom stereocenters. The van der Waals surface area contributed by atoms with E-state index in [1.54, 1.807) is 0 Å². The number of hydrogen-bond donors (Lipinski definition) is 1. The van der Waals surface area contributed by atoms with E-state index in [9.17, 15) is 9.90 Å². The Morgan fingerprint density at radius 1 is 1.00 bits per heavy atom. The van der Waals surface area contributed by atoms with Gasteiger partial charge in [0.2, 0.25) is 0 Å². The van der Waals surface area contributed by atoms with Gasteiger partial charge in [-0.2, -0.15) is 0 Å². The van der Waals surface area contributed by atoms with Gasteiger partial charge in [0.1, 0.15) is 12.0 Å². The summed E-state index contributed by atoms with van der Waals surface area (Å²) in [5.74, 6) is 3.51. The third-order valence-corrected chi connectivity index (χ3v) is 6.67. The lowest BCUT2D eigenvalue weighted by atomic mass is 9.59. The predicted molar refractivity (Wildman–Crippen MR) is 115 cm³/mol. The number of benzene rings is 2. The Balaban J connectivity index is 1.58. The molecule has 0 aliphatic heterocycles. The van der Waals surface area contributed by atoms with Crippen LogP contribution in [0.15, 0.2) is 66.4 Å². The molecular formula is C26H30O3. The van der Waals surface area contributed by atoms with Crippen LogP contribution >= 0.6 is 0 Å². The Morgan fingerprint density at radius 3 is 2.55 bits per heavy atom. The fourth-order valence-corrected chi connectivity index (χ4v) is 5.29. The van der Waals surface area contributed by atoms with E-state index in [1.165, 1.54) is 17.5 Å². The molecule has 0 bridgehead atoms. The highest BCUT2D eigenvalue weighted by Crippen LogP contribution is 2.53. The van der Waals surface area contributed by atoms with Gasteiger partial charge in [-0.15, -0.1) is 0 Å². The van der Waals surface area contributed by atoms with Crippen LogP contribution in [0.4, 0.5) is 0 Å². The molecule has 2 aromatic rings. The molecule has 1 N–H and O–H groups in total. The van der Waals surface area contributed by atoms with Crippen LogP contribution in [-0.2, 0) is 4.79 Å². The molecule has 0 saturated heterocycles. The van der Waals surface area contributed by atoms with E-state index >= 15 is 0 Å². The second-order valence-electron chi connectivity index (χ2n) is 8.41. The first-order chi connectivity index (χ1) is 14.3. The van der Waals surface area contributed by atoms with Crippen LogP contribution < -0.4 is 4.74 Å². The maximum atomic E-state index is 10.4. The van der Waals surface area contributed by atoms with Gasteiger partial charge in [0.15, 0.2) is 0 Å². The molecule has 0 radical (unpaired) electrons. The molecule has 3 heteroatoms. The Kier molecular flexibility index (Phi) is 6.33. The molecule has 4 rings (SSSR count). The number of unbranched alkanes of at least 4 members (excludes halogenated alkanes) is 1. The number of ether oxygens (including phenoxy) is 1. The fourth-order valence-electron chi connectivity index (χ4n) is 5.29. The van der Waals surface area contributed by atoms with Crippen molar-refractivity contribution in [2.75, 3.05) is 6.61 Å². The molecular weight excluding hydrogens is 360 g/mol. The first-order valence-electron chi connectivity index (χ1n) is 10.9. The largest absolute Gasteiger partial charge is 0.513 e. The third-order valence-electron chi connectivity index (χ3n) is 6.67. The number of hydrogen-bond acceptors (Lipinski definition) is 3. The summed E-state index contributed by atoms with van der Waals surface area (Å²) < 4.78 is 5.78. The lowest BCUT2D eigenvalue weighted by molar-refractivity contribution is -0.108. The second-order valence-corrected chi connectivity index (χ2v) is 8.41. The SMILES string of the molecule is O=CCCCOc1ccc([C@@H]2C3CC=C(O)CC3CC[C@@H]2c2ccccc2)cc1. The fraction of sp³-hybridized carbons (Fsp3) is 0.423. The highest BCUT2D eigenvalue weighted by atomic mass is 16.5. The van der Waals surface area contributed by atoms with Gasteiger partial charge < -0.3 is 14.6 Å². The van der Waals surface area contributed by atoms with Crippen molar-refractivity contribution >= 4 is 6.29 Å². The number of aliphatic hydroxyl groups excluding tert-OH is 1. The first-order valence-corrected chi connectivity index (χ1v) is 10.9. The van der Waals surface area contributed by atoms with Gasteiger partial charge >= 0.3 is 0 Å². The summed E-state index contributed by atoms with van der Waals surface area (Å²) >= 11 is 0. The first kappa shape index (κ1) is 19.8. The summed E-state index contributed by atoms with van der Waals surface area (Å²) in [6.07, 6.45) is 8.38. The van der Waals surface area contributed by atoms with Gasteiger partial charge in [0, 0.05) is 12.8 Å². The summed E-state index contributed by atoms with van der Waals surface area (Å²) in [4.78, 5) is 10.4. The van der Waals surface area contributed by atoms with Crippen LogP contribution in [0, 0.1) is 11.8 Å². The van der Waals surface area contributed by atoms with Crippen molar-refractivity contribution in [3.05, 3.63) is 77.6 Å². The number of rotatable bonds is 7. The third kappa shape index (κ3) is 4.55. The van der Waals surface area contributed by atoms with Gasteiger partial charge in [-0.25, -0.2) is 0 Å². The van der Waals surface area contributed by atoms with Gasteiger partial charge in [0.05, 0.1) is 12.4 Å². The lowest BCUT2D eigenvalue weighted by Gasteiger charge is -2.45. The topological polar surface area (TPSA) is 46.5 Å². The lowest BCUT2D eigenvalue weighted by Crippen LogP contribution is -2.34. The average Bonchev–Trinajstić information content (AvgIpc) is 2.77. The van der Waals surface area contributed by atoms with Crippen molar-refractivity contribution in [2.45, 2.75) is 50.4 Å². The summed E-state index contributed by atoms with van der Waals surface area (Å²) in [6.45, 7) is 0.572. The smallest absolute Gasteiger partial charge is 0.120 e. The molecule has 29 heavy (non-hydrogen) atoms. The predicted octanol–water partition coefficient (Wildman–Crippen LogP) is 6.17. The minimum Gasteiger partial charge on any atom is -0.513 e. The molecule has 2 unspecified atom stereocenters. The van der Waals surface area contributed by atoms with Gasteiger partial charge in [-0.3, -0.25) is 0 Å². The molecule has 2 aromatic carbocycles. The van der Waals surface area contributed by atoms with Gasteiger partial charge in [-0.05, 0) is 78.7 Å². The zero-order valence-corrected chi connectivity index (χ0v) is 16.9. The summed E-state index contributed by atoms with van der Waals surface area (Å²) in [7, 11) is 0. The zero-order valence-electron chi connectivity index (χ0n) is 16.9. The van der Waals surface area contributed by atoms with Crippen LogP contribution in [0.25, 0.3) is 0 Å². The van der Waals surface area contributed by atoms with E-state index in [0.717, 1.165) is 37.7 Å². The number of carbonyl (C=O) groups excluding carboxylic acids is 1. The van der Waals surface area contributed by atoms with E-state index in [-0.39, 0.29) is 0 Å². The molecule has 0 spiro atoms. The Hall–Kier alpha value is -2.55. The molecule has 0 aromatic heterocycles. The monoisotopic (exact) mass is 390 g/mol. The Labute approximate surface area is 173 Å². The van der Waals surface area contributed by atoms with Gasteiger partial charge in [-0.1, -0.05) is 42.5 Å². The van der Waals surface area contributed by atoms with Crippen LogP contribution in [0.3, 0.4) is 0 Å². The molecule has 2 aliphatic rings. The number of fused-ring (bicyclic) bond motifs is 1. The summed E-state index contributed by atoms with van der Waals surface area (Å²) in [5.41, 5.74) is 2.78. The van der Waals surface area contributed by atoms with Crippen molar-refractivity contribution in [3.8, 4) is 5.75 Å². The molecule has 152 valence electrons. The van der Waals surface area contributed by atoms with Crippen LogP contribution in [0.2, 0.25) is 0 Å². The van der Waals surface area contributed by atoms with Crippen molar-refractivity contribution in [3.63, 3.8) is 0 Å². The van der Waals surface area contributed by atoms with E-state index < -0.39 is 0 Å². The van der Waals surface area contributed by atoms with Crippen molar-refractivity contribution in [2.24, 2.45) is 11.8 Å². The highest BCUT2D eigenvalue weighted by molar-refractivity contribution is 5.49. The van der Waals surface area contributed by atoms with E-state index in [0.29, 0.717) is 42.5 Å². The molecule has 0 heterocycles. The second kappa shape index (κ2) is 9.30. The number of allylic oxidation sites excluding steroid dienone is 2. The summed E-state index contributed by atoms with van der Waals surface area (Å²) in [5, 5.41) is 10.1. The van der Waals surface area contributed by atoms with Crippen molar-refractivity contribution < 1.29 is 14.6 Å². The molecule has 1 saturated carbocycles. The molecule has 1 fully saturated rings. The van der Waals surface area contributed by atoms with Crippen LogP contribution in [0.5, 0.6) is 5.75 Å². The minimum absolute atomic E-state index is 0.449. The quantitative estimate of drug-likeness (QED) is 0.454. The standard InChI is InChI=1S/C26H30O3/c27-16-4-5-17-29-23-12-8-20(9-13-23)26-24(19-6-2-1-3-7-19)14-10-21-18-22(28)11-15-25(21)26/h1-3,6-9,11-13,16,21,24-26,28H,4-5,10,14-15,17-18H2/t21?,24-,25?,26+/m1/s1. The Bertz CT molecular complexity index is 825. The average molecular weight is 391 g/mol. The zero-order chi connectivity index (χ0) is 20.1. The van der Waals surface area contributed by atoms with Crippen LogP contribution in [-0.4, -0.2) is 18.0 Å². The van der Waals surface area contributed by atoms with E-state index in [4.69, 9.17) is 4.74 Å². The van der Waals surface area contributed by atoms with E-state index in [1.807, 2.05) is 6.08 Å². The summed E-state index contributed by atoms with van der Waals surface area (Å²) in [6, 6.07) is 19.5.